The summed E-state index contributed by atoms with van der Waals surface area (Å²) in [5, 5.41) is 0. The van der Waals surface area contributed by atoms with Crippen molar-refractivity contribution in [3.63, 3.8) is 0 Å². The highest BCUT2D eigenvalue weighted by Crippen LogP contribution is 2.28. The zero-order valence-corrected chi connectivity index (χ0v) is 13.6. The van der Waals surface area contributed by atoms with E-state index in [1.807, 2.05) is 24.3 Å². The second-order valence-corrected chi connectivity index (χ2v) is 5.75. The molecule has 0 spiro atoms. The number of piperazine rings is 1. The van der Waals surface area contributed by atoms with Gasteiger partial charge in [-0.3, -0.25) is 4.90 Å². The third-order valence-electron chi connectivity index (χ3n) is 4.25. The van der Waals surface area contributed by atoms with Crippen LogP contribution in [-0.4, -0.2) is 43.2 Å². The summed E-state index contributed by atoms with van der Waals surface area (Å²) >= 11 is 0. The van der Waals surface area contributed by atoms with Crippen molar-refractivity contribution in [1.82, 2.24) is 9.88 Å². The summed E-state index contributed by atoms with van der Waals surface area (Å²) in [5.74, 6) is -5.43. The van der Waals surface area contributed by atoms with E-state index in [2.05, 4.69) is 9.88 Å². The van der Waals surface area contributed by atoms with E-state index >= 15 is 0 Å². The van der Waals surface area contributed by atoms with Gasteiger partial charge in [-0.1, -0.05) is 18.2 Å². The summed E-state index contributed by atoms with van der Waals surface area (Å²) in [4.78, 5) is 5.97. The molecular weight excluding hydrogens is 338 g/mol. The molecule has 1 aliphatic heterocycles. The molecule has 0 aliphatic carbocycles. The van der Waals surface area contributed by atoms with E-state index in [4.69, 9.17) is 4.74 Å². The standard InChI is InChI=1S/C17H17F4N3O/c1-25-12-5-3-2-4-11(12)10-23-6-8-24(9-7-23)15-13(18)16(20)22-17(21)14(15)19/h2-5H,6-10H2,1H3. The van der Waals surface area contributed by atoms with E-state index in [-0.39, 0.29) is 13.1 Å². The average Bonchev–Trinajstić information content (AvgIpc) is 2.62. The highest BCUT2D eigenvalue weighted by molar-refractivity contribution is 5.49. The third-order valence-corrected chi connectivity index (χ3v) is 4.25. The van der Waals surface area contributed by atoms with Gasteiger partial charge in [0.15, 0.2) is 0 Å². The molecule has 25 heavy (non-hydrogen) atoms. The van der Waals surface area contributed by atoms with Gasteiger partial charge < -0.3 is 9.64 Å². The van der Waals surface area contributed by atoms with E-state index in [1.165, 1.54) is 4.90 Å². The molecule has 0 bridgehead atoms. The van der Waals surface area contributed by atoms with E-state index in [0.717, 1.165) is 11.3 Å². The Kier molecular flexibility index (Phi) is 5.08. The Morgan fingerprint density at radius 3 is 2.16 bits per heavy atom. The van der Waals surface area contributed by atoms with Crippen LogP contribution in [0.5, 0.6) is 5.75 Å². The highest BCUT2D eigenvalue weighted by atomic mass is 19.2. The summed E-state index contributed by atoms with van der Waals surface area (Å²) in [6, 6.07) is 7.58. The molecule has 1 aliphatic rings. The number of hydrogen-bond acceptors (Lipinski definition) is 4. The van der Waals surface area contributed by atoms with Crippen molar-refractivity contribution in [3.8, 4) is 5.75 Å². The lowest BCUT2D eigenvalue weighted by molar-refractivity contribution is 0.244. The van der Waals surface area contributed by atoms with Crippen LogP contribution in [0.2, 0.25) is 0 Å². The molecule has 0 radical (unpaired) electrons. The minimum absolute atomic E-state index is 0.242. The number of nitrogens with zero attached hydrogens (tertiary/aromatic N) is 3. The molecule has 0 unspecified atom stereocenters. The number of halogens is 4. The lowest BCUT2D eigenvalue weighted by Crippen LogP contribution is -2.46. The highest BCUT2D eigenvalue weighted by Gasteiger charge is 2.28. The number of ether oxygens (including phenoxy) is 1. The fraction of sp³-hybridized carbons (Fsp3) is 0.353. The molecule has 2 aromatic rings. The molecule has 2 heterocycles. The molecule has 0 amide bonds. The van der Waals surface area contributed by atoms with E-state index in [1.54, 1.807) is 7.11 Å². The van der Waals surface area contributed by atoms with Gasteiger partial charge in [0.2, 0.25) is 11.6 Å². The quantitative estimate of drug-likeness (QED) is 0.623. The maximum atomic E-state index is 13.9. The Morgan fingerprint density at radius 1 is 0.960 bits per heavy atom. The largest absolute Gasteiger partial charge is 0.496 e. The van der Waals surface area contributed by atoms with Gasteiger partial charge in [-0.05, 0) is 6.07 Å². The SMILES string of the molecule is COc1ccccc1CN1CCN(c2c(F)c(F)nc(F)c2F)CC1. The number of aromatic nitrogens is 1. The number of anilines is 1. The van der Waals surface area contributed by atoms with Crippen molar-refractivity contribution >= 4 is 5.69 Å². The van der Waals surface area contributed by atoms with Crippen molar-refractivity contribution in [2.24, 2.45) is 0 Å². The number of methoxy groups -OCH3 is 1. The minimum Gasteiger partial charge on any atom is -0.496 e. The summed E-state index contributed by atoms with van der Waals surface area (Å²) < 4.78 is 59.6. The first-order chi connectivity index (χ1) is 12.0. The van der Waals surface area contributed by atoms with Crippen LogP contribution in [0.25, 0.3) is 0 Å². The first kappa shape index (κ1) is 17.5. The van der Waals surface area contributed by atoms with Gasteiger partial charge in [-0.2, -0.15) is 22.5 Å². The third kappa shape index (κ3) is 3.53. The van der Waals surface area contributed by atoms with Gasteiger partial charge in [0.1, 0.15) is 11.4 Å². The number of pyridine rings is 1. The summed E-state index contributed by atoms with van der Waals surface area (Å²) in [7, 11) is 1.59. The Bertz CT molecular complexity index is 738. The monoisotopic (exact) mass is 355 g/mol. The van der Waals surface area contributed by atoms with Crippen molar-refractivity contribution in [2.45, 2.75) is 6.54 Å². The van der Waals surface area contributed by atoms with Crippen LogP contribution in [0.15, 0.2) is 24.3 Å². The van der Waals surface area contributed by atoms with Crippen LogP contribution in [0.4, 0.5) is 23.2 Å². The van der Waals surface area contributed by atoms with Gasteiger partial charge in [0, 0.05) is 38.3 Å². The minimum atomic E-state index is -1.63. The number of rotatable bonds is 4. The summed E-state index contributed by atoms with van der Waals surface area (Å²) in [6.07, 6.45) is 0. The van der Waals surface area contributed by atoms with Gasteiger partial charge >= 0.3 is 0 Å². The van der Waals surface area contributed by atoms with Crippen LogP contribution >= 0.6 is 0 Å². The first-order valence-corrected chi connectivity index (χ1v) is 7.80. The lowest BCUT2D eigenvalue weighted by atomic mass is 10.1. The smallest absolute Gasteiger partial charge is 0.253 e. The molecule has 3 rings (SSSR count). The fourth-order valence-corrected chi connectivity index (χ4v) is 2.96. The molecule has 1 aromatic carbocycles. The van der Waals surface area contributed by atoms with Crippen LogP contribution in [-0.2, 0) is 6.54 Å². The fourth-order valence-electron chi connectivity index (χ4n) is 2.96. The van der Waals surface area contributed by atoms with E-state index in [9.17, 15) is 17.6 Å². The Labute approximate surface area is 142 Å². The predicted octanol–water partition coefficient (Wildman–Crippen LogP) is 2.97. The molecule has 134 valence electrons. The van der Waals surface area contributed by atoms with Crippen molar-refractivity contribution < 1.29 is 22.3 Å². The Morgan fingerprint density at radius 2 is 1.56 bits per heavy atom. The summed E-state index contributed by atoms with van der Waals surface area (Å²) in [6.45, 7) is 2.07. The van der Waals surface area contributed by atoms with E-state index in [0.29, 0.717) is 19.6 Å². The van der Waals surface area contributed by atoms with Crippen molar-refractivity contribution in [3.05, 3.63) is 53.4 Å². The van der Waals surface area contributed by atoms with Crippen molar-refractivity contribution in [2.75, 3.05) is 38.2 Å². The normalized spacial score (nSPS) is 15.5. The van der Waals surface area contributed by atoms with Gasteiger partial charge in [-0.15, -0.1) is 0 Å². The maximum Gasteiger partial charge on any atom is 0.253 e. The number of hydrogen-bond donors (Lipinski definition) is 0. The Balaban J connectivity index is 1.71. The predicted molar refractivity (Wildman–Crippen MR) is 84.6 cm³/mol. The topological polar surface area (TPSA) is 28.6 Å². The van der Waals surface area contributed by atoms with E-state index < -0.39 is 29.2 Å². The Hall–Kier alpha value is -2.35. The maximum absolute atomic E-state index is 13.9. The van der Waals surface area contributed by atoms with Crippen LogP contribution in [0.3, 0.4) is 0 Å². The molecule has 0 saturated carbocycles. The van der Waals surface area contributed by atoms with Gasteiger partial charge in [-0.25, -0.2) is 0 Å². The zero-order chi connectivity index (χ0) is 18.0. The van der Waals surface area contributed by atoms with Crippen LogP contribution < -0.4 is 9.64 Å². The summed E-state index contributed by atoms with van der Waals surface area (Å²) in [5.41, 5.74) is 0.304. The van der Waals surface area contributed by atoms with Crippen LogP contribution in [0, 0.1) is 23.5 Å². The number of benzene rings is 1. The zero-order valence-electron chi connectivity index (χ0n) is 13.6. The molecule has 1 fully saturated rings. The second kappa shape index (κ2) is 7.26. The molecular formula is C17H17F4N3O. The van der Waals surface area contributed by atoms with Crippen LogP contribution in [0.1, 0.15) is 5.56 Å². The average molecular weight is 355 g/mol. The first-order valence-electron chi connectivity index (χ1n) is 7.80. The molecule has 4 nitrogen and oxygen atoms in total. The van der Waals surface area contributed by atoms with Gasteiger partial charge in [0.25, 0.3) is 11.9 Å². The van der Waals surface area contributed by atoms with Crippen molar-refractivity contribution in [1.29, 1.82) is 0 Å². The molecule has 1 saturated heterocycles. The molecule has 1 aromatic heterocycles. The number of para-hydroxylation sites is 1. The molecule has 0 N–H and O–H groups in total. The molecule has 8 heteroatoms. The van der Waals surface area contributed by atoms with Gasteiger partial charge in [0.05, 0.1) is 7.11 Å². The lowest BCUT2D eigenvalue weighted by Gasteiger charge is -2.36. The molecule has 0 atom stereocenters. The second-order valence-electron chi connectivity index (χ2n) is 5.75.